The van der Waals surface area contributed by atoms with E-state index in [9.17, 15) is 9.59 Å². The standard InChI is InChI=1S/C27H36N2O4/c1-4-20(3)28-27(31)23(5-2)29(16-15-21-9-7-6-8-10-21)26(30)14-12-22-11-13-24-25(19-22)33-18-17-32-24/h6-11,13,19-20,23H,4-5,12,14-18H2,1-3H3,(H,28,31)/t20-,23-/m0/s1. The Labute approximate surface area is 197 Å². The molecular formula is C27H36N2O4. The van der Waals surface area contributed by atoms with Gasteiger partial charge in [-0.3, -0.25) is 9.59 Å². The second-order valence-electron chi connectivity index (χ2n) is 8.54. The van der Waals surface area contributed by atoms with Crippen molar-refractivity contribution in [3.05, 3.63) is 59.7 Å². The molecule has 0 fully saturated rings. The number of rotatable bonds is 11. The molecule has 0 spiro atoms. The Morgan fingerprint density at radius 3 is 2.36 bits per heavy atom. The van der Waals surface area contributed by atoms with E-state index in [4.69, 9.17) is 9.47 Å². The van der Waals surface area contributed by atoms with Gasteiger partial charge in [-0.15, -0.1) is 0 Å². The molecule has 6 nitrogen and oxygen atoms in total. The van der Waals surface area contributed by atoms with Crippen LogP contribution in [0.15, 0.2) is 48.5 Å². The molecule has 178 valence electrons. The molecule has 2 amide bonds. The van der Waals surface area contributed by atoms with Crippen molar-refractivity contribution in [1.29, 1.82) is 0 Å². The van der Waals surface area contributed by atoms with E-state index in [1.54, 1.807) is 4.90 Å². The highest BCUT2D eigenvalue weighted by Gasteiger charge is 2.28. The van der Waals surface area contributed by atoms with E-state index in [1.165, 1.54) is 0 Å². The van der Waals surface area contributed by atoms with Gasteiger partial charge in [0.1, 0.15) is 19.3 Å². The first-order valence-electron chi connectivity index (χ1n) is 12.0. The fourth-order valence-electron chi connectivity index (χ4n) is 3.98. The van der Waals surface area contributed by atoms with Crippen molar-refractivity contribution in [3.63, 3.8) is 0 Å². The van der Waals surface area contributed by atoms with Crippen molar-refractivity contribution >= 4 is 11.8 Å². The monoisotopic (exact) mass is 452 g/mol. The van der Waals surface area contributed by atoms with Gasteiger partial charge in [-0.25, -0.2) is 0 Å². The topological polar surface area (TPSA) is 67.9 Å². The Balaban J connectivity index is 1.70. The van der Waals surface area contributed by atoms with Crippen LogP contribution < -0.4 is 14.8 Å². The molecule has 1 aliphatic heterocycles. The Hall–Kier alpha value is -3.02. The average molecular weight is 453 g/mol. The summed E-state index contributed by atoms with van der Waals surface area (Å²) >= 11 is 0. The predicted octanol–water partition coefficient (Wildman–Crippen LogP) is 4.16. The lowest BCUT2D eigenvalue weighted by Crippen LogP contribution is -2.51. The third-order valence-corrected chi connectivity index (χ3v) is 6.11. The molecule has 2 aromatic carbocycles. The van der Waals surface area contributed by atoms with Crippen LogP contribution in [0.1, 0.15) is 51.2 Å². The van der Waals surface area contributed by atoms with Crippen LogP contribution in [0.5, 0.6) is 11.5 Å². The number of aryl methyl sites for hydroxylation is 1. The number of amides is 2. The van der Waals surface area contributed by atoms with Crippen molar-refractivity contribution < 1.29 is 19.1 Å². The molecule has 0 aromatic heterocycles. The average Bonchev–Trinajstić information content (AvgIpc) is 2.85. The van der Waals surface area contributed by atoms with E-state index in [2.05, 4.69) is 17.4 Å². The van der Waals surface area contributed by atoms with Crippen LogP contribution in [0.25, 0.3) is 0 Å². The fraction of sp³-hybridized carbons (Fsp3) is 0.481. The van der Waals surface area contributed by atoms with Crippen molar-refractivity contribution in [2.45, 2.75) is 65.0 Å². The third kappa shape index (κ3) is 6.98. The zero-order chi connectivity index (χ0) is 23.6. The van der Waals surface area contributed by atoms with Crippen molar-refractivity contribution in [2.24, 2.45) is 0 Å². The van der Waals surface area contributed by atoms with Crippen LogP contribution >= 0.6 is 0 Å². The van der Waals surface area contributed by atoms with Crippen molar-refractivity contribution in [1.82, 2.24) is 10.2 Å². The molecule has 2 atom stereocenters. The van der Waals surface area contributed by atoms with E-state index in [0.717, 1.165) is 29.0 Å². The zero-order valence-electron chi connectivity index (χ0n) is 20.0. The van der Waals surface area contributed by atoms with Gasteiger partial charge in [-0.05, 0) is 55.9 Å². The van der Waals surface area contributed by atoms with Crippen molar-refractivity contribution in [2.75, 3.05) is 19.8 Å². The smallest absolute Gasteiger partial charge is 0.243 e. The maximum atomic E-state index is 13.4. The number of carbonyl (C=O) groups excluding carboxylic acids is 2. The van der Waals surface area contributed by atoms with Gasteiger partial charge in [0, 0.05) is 19.0 Å². The molecule has 0 aliphatic carbocycles. The summed E-state index contributed by atoms with van der Waals surface area (Å²) < 4.78 is 11.3. The number of hydrogen-bond acceptors (Lipinski definition) is 4. The van der Waals surface area contributed by atoms with Crippen molar-refractivity contribution in [3.8, 4) is 11.5 Å². The van der Waals surface area contributed by atoms with Gasteiger partial charge in [-0.1, -0.05) is 50.2 Å². The minimum Gasteiger partial charge on any atom is -0.486 e. The van der Waals surface area contributed by atoms with Gasteiger partial charge in [0.05, 0.1) is 0 Å². The van der Waals surface area contributed by atoms with Gasteiger partial charge in [0.25, 0.3) is 0 Å². The van der Waals surface area contributed by atoms with Gasteiger partial charge in [0.15, 0.2) is 11.5 Å². The second kappa shape index (κ2) is 12.3. The number of fused-ring (bicyclic) bond motifs is 1. The number of ether oxygens (including phenoxy) is 2. The first-order valence-corrected chi connectivity index (χ1v) is 12.0. The third-order valence-electron chi connectivity index (χ3n) is 6.11. The van der Waals surface area contributed by atoms with Crippen LogP contribution in [-0.4, -0.2) is 48.6 Å². The van der Waals surface area contributed by atoms with E-state index in [0.29, 0.717) is 45.4 Å². The minimum atomic E-state index is -0.476. The normalized spacial score (nSPS) is 14.3. The van der Waals surface area contributed by atoms with E-state index < -0.39 is 6.04 Å². The molecule has 1 aliphatic rings. The lowest BCUT2D eigenvalue weighted by Gasteiger charge is -2.31. The van der Waals surface area contributed by atoms with Gasteiger partial charge < -0.3 is 19.7 Å². The molecule has 0 radical (unpaired) electrons. The van der Waals surface area contributed by atoms with E-state index in [-0.39, 0.29) is 17.9 Å². The molecule has 0 bridgehead atoms. The number of benzene rings is 2. The molecule has 1 heterocycles. The number of nitrogens with one attached hydrogen (secondary N) is 1. The summed E-state index contributed by atoms with van der Waals surface area (Å²) in [4.78, 5) is 28.1. The summed E-state index contributed by atoms with van der Waals surface area (Å²) in [5.74, 6) is 1.39. The van der Waals surface area contributed by atoms with Gasteiger partial charge in [-0.2, -0.15) is 0 Å². The van der Waals surface area contributed by atoms with Crippen LogP contribution in [-0.2, 0) is 22.4 Å². The fourth-order valence-corrected chi connectivity index (χ4v) is 3.98. The minimum absolute atomic E-state index is 0.00743. The number of carbonyl (C=O) groups is 2. The molecule has 1 N–H and O–H groups in total. The Bertz CT molecular complexity index is 916. The molecule has 0 unspecified atom stereocenters. The second-order valence-corrected chi connectivity index (χ2v) is 8.54. The largest absolute Gasteiger partial charge is 0.486 e. The molecule has 0 saturated heterocycles. The first-order chi connectivity index (χ1) is 16.0. The molecule has 3 rings (SSSR count). The molecular weight excluding hydrogens is 416 g/mol. The number of hydrogen-bond donors (Lipinski definition) is 1. The van der Waals surface area contributed by atoms with E-state index in [1.807, 2.05) is 57.2 Å². The van der Waals surface area contributed by atoms with Crippen LogP contribution in [0, 0.1) is 0 Å². The van der Waals surface area contributed by atoms with Crippen LogP contribution in [0.3, 0.4) is 0 Å². The SMILES string of the molecule is CC[C@H](C)NC(=O)[C@H](CC)N(CCc1ccccc1)C(=O)CCc1ccc2c(c1)OCCO2. The highest BCUT2D eigenvalue weighted by atomic mass is 16.6. The Morgan fingerprint density at radius 2 is 1.67 bits per heavy atom. The summed E-state index contributed by atoms with van der Waals surface area (Å²) in [7, 11) is 0. The molecule has 0 saturated carbocycles. The van der Waals surface area contributed by atoms with Crippen LogP contribution in [0.2, 0.25) is 0 Å². The number of nitrogens with zero attached hydrogens (tertiary/aromatic N) is 1. The summed E-state index contributed by atoms with van der Waals surface area (Å²) in [6.45, 7) is 7.59. The van der Waals surface area contributed by atoms with Gasteiger partial charge in [0.2, 0.25) is 11.8 Å². The highest BCUT2D eigenvalue weighted by Crippen LogP contribution is 2.31. The quantitative estimate of drug-likeness (QED) is 0.556. The molecule has 33 heavy (non-hydrogen) atoms. The Morgan fingerprint density at radius 1 is 0.939 bits per heavy atom. The van der Waals surface area contributed by atoms with Crippen LogP contribution in [0.4, 0.5) is 0 Å². The summed E-state index contributed by atoms with van der Waals surface area (Å²) in [5.41, 5.74) is 2.17. The lowest BCUT2D eigenvalue weighted by molar-refractivity contribution is -0.141. The summed E-state index contributed by atoms with van der Waals surface area (Å²) in [5, 5.41) is 3.06. The predicted molar refractivity (Wildman–Crippen MR) is 130 cm³/mol. The van der Waals surface area contributed by atoms with Gasteiger partial charge >= 0.3 is 0 Å². The lowest BCUT2D eigenvalue weighted by atomic mass is 10.0. The first kappa shape index (κ1) is 24.6. The zero-order valence-corrected chi connectivity index (χ0v) is 20.0. The molecule has 6 heteroatoms. The summed E-state index contributed by atoms with van der Waals surface area (Å²) in [6, 6.07) is 15.5. The molecule has 2 aromatic rings. The summed E-state index contributed by atoms with van der Waals surface area (Å²) in [6.07, 6.45) is 3.06. The van der Waals surface area contributed by atoms with E-state index >= 15 is 0 Å². The maximum Gasteiger partial charge on any atom is 0.243 e. The highest BCUT2D eigenvalue weighted by molar-refractivity contribution is 5.88. The Kier molecular flexibility index (Phi) is 9.16. The maximum absolute atomic E-state index is 13.4.